The molecule has 0 atom stereocenters. The second-order valence-corrected chi connectivity index (χ2v) is 8.55. The van der Waals surface area contributed by atoms with E-state index in [9.17, 15) is 4.79 Å². The fourth-order valence-electron chi connectivity index (χ4n) is 4.28. The fourth-order valence-corrected chi connectivity index (χ4v) is 4.28. The van der Waals surface area contributed by atoms with Gasteiger partial charge in [-0.15, -0.1) is 0 Å². The number of hydrogen-bond acceptors (Lipinski definition) is 6. The second kappa shape index (κ2) is 10.7. The summed E-state index contributed by atoms with van der Waals surface area (Å²) in [6, 6.07) is 11.4. The van der Waals surface area contributed by atoms with E-state index in [1.165, 1.54) is 0 Å². The Bertz CT molecular complexity index is 1350. The third-order valence-corrected chi connectivity index (χ3v) is 6.18. The summed E-state index contributed by atoms with van der Waals surface area (Å²) in [7, 11) is 0. The lowest BCUT2D eigenvalue weighted by Crippen LogP contribution is -2.35. The van der Waals surface area contributed by atoms with Crippen LogP contribution < -0.4 is 14.8 Å². The minimum absolute atomic E-state index is 0.165. The van der Waals surface area contributed by atoms with E-state index in [1.807, 2.05) is 61.5 Å². The number of imidazole rings is 1. The number of carbonyl (C=O) groups excluding carboxylic acids is 1. The Morgan fingerprint density at radius 2 is 1.94 bits per heavy atom. The van der Waals surface area contributed by atoms with Crippen molar-refractivity contribution >= 4 is 22.6 Å². The maximum absolute atomic E-state index is 13.0. The van der Waals surface area contributed by atoms with Gasteiger partial charge in [-0.2, -0.15) is 0 Å². The summed E-state index contributed by atoms with van der Waals surface area (Å²) in [6.45, 7) is 7.36. The molecule has 0 bridgehead atoms. The van der Waals surface area contributed by atoms with Crippen LogP contribution in [0.2, 0.25) is 0 Å². The van der Waals surface area contributed by atoms with Crippen LogP contribution in [0.1, 0.15) is 20.3 Å². The molecule has 3 heterocycles. The van der Waals surface area contributed by atoms with E-state index in [0.29, 0.717) is 17.0 Å². The van der Waals surface area contributed by atoms with E-state index < -0.39 is 0 Å². The summed E-state index contributed by atoms with van der Waals surface area (Å²) in [5.41, 5.74) is 4.95. The van der Waals surface area contributed by atoms with Crippen molar-refractivity contribution in [1.82, 2.24) is 14.9 Å². The quantitative estimate of drug-likeness (QED) is 0.360. The molecule has 8 heteroatoms. The molecule has 0 spiro atoms. The van der Waals surface area contributed by atoms with Crippen LogP contribution >= 0.6 is 0 Å². The maximum Gasteiger partial charge on any atom is 0.255 e. The van der Waals surface area contributed by atoms with Crippen LogP contribution in [0, 0.1) is 0 Å². The number of ether oxygens (including phenoxy) is 3. The van der Waals surface area contributed by atoms with E-state index >= 15 is 0 Å². The second-order valence-electron chi connectivity index (χ2n) is 8.55. The molecule has 1 fully saturated rings. The predicted octanol–water partition coefficient (Wildman–Crippen LogP) is 5.03. The zero-order chi connectivity index (χ0) is 24.9. The van der Waals surface area contributed by atoms with Gasteiger partial charge >= 0.3 is 0 Å². The minimum Gasteiger partial charge on any atom is -0.454 e. The highest BCUT2D eigenvalue weighted by molar-refractivity contribution is 6.06. The van der Waals surface area contributed by atoms with Gasteiger partial charge in [0.25, 0.3) is 5.91 Å². The fraction of sp³-hybridized carbons (Fsp3) is 0.286. The molecule has 1 aromatic heterocycles. The number of morpholine rings is 1. The molecule has 2 aliphatic heterocycles. The first-order chi connectivity index (χ1) is 17.6. The number of anilines is 1. The van der Waals surface area contributed by atoms with Gasteiger partial charge in [0, 0.05) is 35.6 Å². The highest BCUT2D eigenvalue weighted by Gasteiger charge is 2.16. The van der Waals surface area contributed by atoms with Crippen molar-refractivity contribution in [3.05, 3.63) is 72.0 Å². The summed E-state index contributed by atoms with van der Waals surface area (Å²) in [4.78, 5) is 23.3. The standard InChI is InChI=1S/C28H30N4O4/c1-3-5-22(32-12-14-34-15-13-32)9-6-19(4-2)28(33)29-21-8-10-23-24(17-21)31-27(30-23)20-7-11-25-26(16-20)36-18-35-25/h4-11,16-17H,3,12-15,18H2,1-2H3,(H,29,33)(H,30,31)/b9-6-,19-4+,22-5-. The molecule has 3 aromatic rings. The van der Waals surface area contributed by atoms with Crippen LogP contribution in [-0.4, -0.2) is 53.9 Å². The number of aromatic nitrogens is 2. The number of hydrogen-bond donors (Lipinski definition) is 2. The Balaban J connectivity index is 1.30. The predicted molar refractivity (Wildman–Crippen MR) is 140 cm³/mol. The summed E-state index contributed by atoms with van der Waals surface area (Å²) in [5.74, 6) is 2.00. The van der Waals surface area contributed by atoms with Gasteiger partial charge in [0.2, 0.25) is 6.79 Å². The molecule has 2 aromatic carbocycles. The van der Waals surface area contributed by atoms with Gasteiger partial charge in [-0.05, 0) is 61.9 Å². The molecular formula is C28H30N4O4. The third-order valence-electron chi connectivity index (χ3n) is 6.18. The normalized spacial score (nSPS) is 16.2. The summed E-state index contributed by atoms with van der Waals surface area (Å²) in [5, 5.41) is 3.01. The molecule has 8 nitrogen and oxygen atoms in total. The monoisotopic (exact) mass is 486 g/mol. The Morgan fingerprint density at radius 1 is 1.11 bits per heavy atom. The van der Waals surface area contributed by atoms with Gasteiger partial charge in [0.15, 0.2) is 11.5 Å². The number of fused-ring (bicyclic) bond motifs is 2. The molecular weight excluding hydrogens is 456 g/mol. The topological polar surface area (TPSA) is 88.7 Å². The molecule has 1 amide bonds. The van der Waals surface area contributed by atoms with Crippen LogP contribution in [0.3, 0.4) is 0 Å². The van der Waals surface area contributed by atoms with E-state index in [0.717, 1.165) is 66.6 Å². The minimum atomic E-state index is -0.165. The van der Waals surface area contributed by atoms with E-state index in [-0.39, 0.29) is 12.7 Å². The van der Waals surface area contributed by atoms with E-state index in [1.54, 1.807) is 0 Å². The number of H-pyrrole nitrogens is 1. The first kappa shape index (κ1) is 23.7. The Hall–Kier alpha value is -4.04. The number of rotatable bonds is 7. The van der Waals surface area contributed by atoms with Crippen molar-refractivity contribution < 1.29 is 19.0 Å². The van der Waals surface area contributed by atoms with Crippen LogP contribution in [0.15, 0.2) is 72.0 Å². The van der Waals surface area contributed by atoms with Gasteiger partial charge in [-0.25, -0.2) is 4.98 Å². The Kier molecular flexibility index (Phi) is 7.04. The van der Waals surface area contributed by atoms with Crippen molar-refractivity contribution in [1.29, 1.82) is 0 Å². The average Bonchev–Trinajstić information content (AvgIpc) is 3.55. The Labute approximate surface area is 210 Å². The van der Waals surface area contributed by atoms with Gasteiger partial charge in [0.1, 0.15) is 5.82 Å². The zero-order valence-corrected chi connectivity index (χ0v) is 20.5. The number of allylic oxidation sites excluding steroid dienone is 3. The molecule has 0 saturated carbocycles. The lowest BCUT2D eigenvalue weighted by atomic mass is 10.1. The summed E-state index contributed by atoms with van der Waals surface area (Å²) in [6.07, 6.45) is 8.81. The van der Waals surface area contributed by atoms with Crippen LogP contribution in [-0.2, 0) is 9.53 Å². The number of nitrogens with one attached hydrogen (secondary N) is 2. The molecule has 0 aliphatic carbocycles. The number of carbonyl (C=O) groups is 1. The van der Waals surface area contributed by atoms with Gasteiger partial charge in [0.05, 0.1) is 24.2 Å². The number of nitrogens with zero attached hydrogens (tertiary/aromatic N) is 2. The summed E-state index contributed by atoms with van der Waals surface area (Å²) >= 11 is 0. The van der Waals surface area contributed by atoms with E-state index in [4.69, 9.17) is 14.2 Å². The van der Waals surface area contributed by atoms with Gasteiger partial charge in [-0.3, -0.25) is 4.79 Å². The average molecular weight is 487 g/mol. The molecule has 2 N–H and O–H groups in total. The number of amides is 1. The lowest BCUT2D eigenvalue weighted by Gasteiger charge is -2.29. The first-order valence-electron chi connectivity index (χ1n) is 12.2. The maximum atomic E-state index is 13.0. The smallest absolute Gasteiger partial charge is 0.255 e. The molecule has 0 radical (unpaired) electrons. The van der Waals surface area contributed by atoms with Crippen LogP contribution in [0.5, 0.6) is 11.5 Å². The van der Waals surface area contributed by atoms with Crippen LogP contribution in [0.25, 0.3) is 22.4 Å². The highest BCUT2D eigenvalue weighted by atomic mass is 16.7. The van der Waals surface area contributed by atoms with Crippen molar-refractivity contribution in [2.75, 3.05) is 38.4 Å². The van der Waals surface area contributed by atoms with Crippen molar-refractivity contribution in [2.45, 2.75) is 20.3 Å². The first-order valence-corrected chi connectivity index (χ1v) is 12.2. The highest BCUT2D eigenvalue weighted by Crippen LogP contribution is 2.35. The third kappa shape index (κ3) is 5.13. The summed E-state index contributed by atoms with van der Waals surface area (Å²) < 4.78 is 16.3. The number of benzene rings is 2. The molecule has 186 valence electrons. The van der Waals surface area contributed by atoms with E-state index in [2.05, 4.69) is 33.2 Å². The zero-order valence-electron chi connectivity index (χ0n) is 20.5. The molecule has 2 aliphatic rings. The van der Waals surface area contributed by atoms with Gasteiger partial charge < -0.3 is 29.4 Å². The Morgan fingerprint density at radius 3 is 2.75 bits per heavy atom. The van der Waals surface area contributed by atoms with Gasteiger partial charge in [-0.1, -0.05) is 19.1 Å². The number of aromatic amines is 1. The van der Waals surface area contributed by atoms with Crippen molar-refractivity contribution in [3.8, 4) is 22.9 Å². The van der Waals surface area contributed by atoms with Crippen LogP contribution in [0.4, 0.5) is 5.69 Å². The lowest BCUT2D eigenvalue weighted by molar-refractivity contribution is -0.112. The molecule has 0 unspecified atom stereocenters. The van der Waals surface area contributed by atoms with Crippen molar-refractivity contribution in [3.63, 3.8) is 0 Å². The largest absolute Gasteiger partial charge is 0.454 e. The molecule has 36 heavy (non-hydrogen) atoms. The molecule has 5 rings (SSSR count). The van der Waals surface area contributed by atoms with Crippen molar-refractivity contribution in [2.24, 2.45) is 0 Å². The SMILES string of the molecule is C\C=C(/C=C\C(=C\CC)N1CCOCC1)C(=O)Nc1ccc2nc(-c3ccc4c(c3)OCO4)[nH]c2c1. The molecule has 1 saturated heterocycles.